The summed E-state index contributed by atoms with van der Waals surface area (Å²) in [6.07, 6.45) is 2.69. The Morgan fingerprint density at radius 1 is 1.04 bits per heavy atom. The van der Waals surface area contributed by atoms with Crippen molar-refractivity contribution in [2.24, 2.45) is 0 Å². The molecule has 1 unspecified atom stereocenters. The maximum absolute atomic E-state index is 14.0. The van der Waals surface area contributed by atoms with Gasteiger partial charge in [-0.05, 0) is 84.1 Å². The Hall–Kier alpha value is -5.84. The van der Waals surface area contributed by atoms with Gasteiger partial charge in [0.15, 0.2) is 11.5 Å². The van der Waals surface area contributed by atoms with Crippen LogP contribution in [0.5, 0.6) is 28.7 Å². The summed E-state index contributed by atoms with van der Waals surface area (Å²) in [5.41, 5.74) is 3.24. The summed E-state index contributed by atoms with van der Waals surface area (Å²) in [5, 5.41) is 13.7. The number of hydrogen-bond acceptors (Lipinski definition) is 8. The van der Waals surface area contributed by atoms with Gasteiger partial charge >= 0.3 is 0 Å². The summed E-state index contributed by atoms with van der Waals surface area (Å²) in [5.74, 6) is 1.18. The van der Waals surface area contributed by atoms with Crippen molar-refractivity contribution in [2.45, 2.75) is 31.8 Å². The molecule has 3 aliphatic heterocycles. The molecule has 0 radical (unpaired) electrons. The fraction of sp³-hybridized carbons (Fsp3) is 0.243. The molecule has 1 atom stereocenters. The van der Waals surface area contributed by atoms with Crippen LogP contribution in [-0.4, -0.2) is 58.2 Å². The number of phenolic OH excluding ortho intramolecular Hbond substituents is 1. The molecule has 4 heterocycles. The van der Waals surface area contributed by atoms with Crippen LogP contribution in [0.4, 0.5) is 0 Å². The van der Waals surface area contributed by atoms with Crippen molar-refractivity contribution in [3.8, 4) is 28.7 Å². The SMILES string of the molecule is COc1cc2c3cc1Oc1ccc(O)c(c1)C(=O)NCCCOc1cccc(c1)C2N(C(=O)CCn1cnc2ccccc2c1=O)CC3. The lowest BCUT2D eigenvalue weighted by Gasteiger charge is -2.38. The molecule has 0 aliphatic carbocycles. The van der Waals surface area contributed by atoms with E-state index in [1.54, 1.807) is 31.4 Å². The molecule has 8 rings (SSSR count). The second kappa shape index (κ2) is 13.1. The van der Waals surface area contributed by atoms with E-state index in [9.17, 15) is 19.5 Å². The highest BCUT2D eigenvalue weighted by Gasteiger charge is 2.34. The van der Waals surface area contributed by atoms with Crippen LogP contribution in [0.25, 0.3) is 10.9 Å². The number of aryl methyl sites for hydroxylation is 1. The van der Waals surface area contributed by atoms with E-state index in [0.29, 0.717) is 66.4 Å². The number of carbonyl (C=O) groups is 2. The van der Waals surface area contributed by atoms with Gasteiger partial charge in [0.2, 0.25) is 5.91 Å². The number of carbonyl (C=O) groups excluding carboxylic acids is 2. The van der Waals surface area contributed by atoms with Crippen LogP contribution >= 0.6 is 0 Å². The Balaban J connectivity index is 1.26. The number of hydrogen-bond donors (Lipinski definition) is 2. The van der Waals surface area contributed by atoms with Gasteiger partial charge in [-0.15, -0.1) is 0 Å². The highest BCUT2D eigenvalue weighted by molar-refractivity contribution is 5.97. The monoisotopic (exact) mass is 646 g/mol. The fourth-order valence-corrected chi connectivity index (χ4v) is 6.34. The number of phenols is 1. The van der Waals surface area contributed by atoms with E-state index in [-0.39, 0.29) is 35.7 Å². The maximum Gasteiger partial charge on any atom is 0.261 e. The molecule has 5 aromatic rings. The number of nitrogens with one attached hydrogen (secondary N) is 1. The summed E-state index contributed by atoms with van der Waals surface area (Å²) < 4.78 is 19.6. The number of benzene rings is 4. The summed E-state index contributed by atoms with van der Waals surface area (Å²) in [6.45, 7) is 1.30. The standard InChI is InChI=1S/C37H34N4O7/c1-46-32-21-28-23-12-16-41(34(43)13-15-40-22-39-30-9-3-2-8-27(30)37(40)45)35(28)24-6-4-7-25(18-24)47-17-5-14-38-36(44)29-20-26(10-11-31(29)42)48-33(32)19-23/h2-4,6-11,18-22,35,42H,5,12-17H2,1H3,(H,38,44). The van der Waals surface area contributed by atoms with Crippen molar-refractivity contribution in [3.63, 3.8) is 0 Å². The van der Waals surface area contributed by atoms with Crippen LogP contribution in [-0.2, 0) is 17.8 Å². The minimum absolute atomic E-state index is 0.0927. The van der Waals surface area contributed by atoms with E-state index in [1.807, 2.05) is 47.4 Å². The van der Waals surface area contributed by atoms with Crippen molar-refractivity contribution >= 4 is 22.7 Å². The first-order chi connectivity index (χ1) is 23.4. The quantitative estimate of drug-likeness (QED) is 0.280. The van der Waals surface area contributed by atoms with Gasteiger partial charge in [-0.1, -0.05) is 24.3 Å². The zero-order chi connectivity index (χ0) is 33.2. The highest BCUT2D eigenvalue weighted by atomic mass is 16.5. The van der Waals surface area contributed by atoms with Gasteiger partial charge in [0.1, 0.15) is 17.2 Å². The lowest BCUT2D eigenvalue weighted by atomic mass is 9.87. The molecule has 2 amide bonds. The molecule has 0 saturated heterocycles. The molecule has 11 nitrogen and oxygen atoms in total. The zero-order valence-corrected chi connectivity index (χ0v) is 26.3. The molecule has 0 saturated carbocycles. The Labute approximate surface area is 276 Å². The summed E-state index contributed by atoms with van der Waals surface area (Å²) in [7, 11) is 1.54. The third kappa shape index (κ3) is 6.02. The minimum atomic E-state index is -0.461. The van der Waals surface area contributed by atoms with Crippen LogP contribution in [0, 0.1) is 0 Å². The Bertz CT molecular complexity index is 2090. The highest BCUT2D eigenvalue weighted by Crippen LogP contribution is 2.43. The van der Waals surface area contributed by atoms with E-state index < -0.39 is 11.9 Å². The number of nitrogens with zero attached hydrogens (tertiary/aromatic N) is 3. The normalized spacial score (nSPS) is 15.9. The van der Waals surface area contributed by atoms with Gasteiger partial charge in [-0.3, -0.25) is 19.0 Å². The number of aromatic nitrogens is 2. The van der Waals surface area contributed by atoms with Gasteiger partial charge in [0.05, 0.1) is 42.6 Å². The van der Waals surface area contributed by atoms with Gasteiger partial charge < -0.3 is 29.5 Å². The predicted molar refractivity (Wildman–Crippen MR) is 178 cm³/mol. The second-order valence-electron chi connectivity index (χ2n) is 11.8. The van der Waals surface area contributed by atoms with Crippen molar-refractivity contribution in [3.05, 3.63) is 118 Å². The van der Waals surface area contributed by atoms with E-state index in [0.717, 1.165) is 16.7 Å². The van der Waals surface area contributed by atoms with Gasteiger partial charge in [0.25, 0.3) is 11.5 Å². The summed E-state index contributed by atoms with van der Waals surface area (Å²) >= 11 is 0. The number of para-hydroxylation sites is 1. The number of methoxy groups -OCH3 is 1. The maximum atomic E-state index is 14.0. The van der Waals surface area contributed by atoms with Crippen molar-refractivity contribution in [2.75, 3.05) is 26.8 Å². The first-order valence-corrected chi connectivity index (χ1v) is 15.9. The molecule has 8 bridgehead atoms. The molecule has 0 fully saturated rings. The smallest absolute Gasteiger partial charge is 0.261 e. The van der Waals surface area contributed by atoms with Crippen LogP contribution in [0.15, 0.2) is 90.0 Å². The first kappa shape index (κ1) is 30.8. The molecule has 11 heteroatoms. The molecule has 1 aromatic heterocycles. The number of fused-ring (bicyclic) bond motifs is 7. The van der Waals surface area contributed by atoms with Gasteiger partial charge in [-0.25, -0.2) is 4.98 Å². The number of amides is 2. The molecule has 2 N–H and O–H groups in total. The van der Waals surface area contributed by atoms with Crippen LogP contribution < -0.4 is 25.1 Å². The van der Waals surface area contributed by atoms with Crippen molar-refractivity contribution in [1.29, 1.82) is 0 Å². The fourth-order valence-electron chi connectivity index (χ4n) is 6.34. The Morgan fingerprint density at radius 3 is 2.79 bits per heavy atom. The molecule has 4 aromatic carbocycles. The van der Waals surface area contributed by atoms with Crippen LogP contribution in [0.2, 0.25) is 0 Å². The average molecular weight is 647 g/mol. The summed E-state index contributed by atoms with van der Waals surface area (Å²) in [6, 6.07) is 22.6. The lowest BCUT2D eigenvalue weighted by molar-refractivity contribution is -0.133. The Morgan fingerprint density at radius 2 is 1.92 bits per heavy atom. The zero-order valence-electron chi connectivity index (χ0n) is 26.3. The minimum Gasteiger partial charge on any atom is -0.507 e. The van der Waals surface area contributed by atoms with E-state index in [1.165, 1.54) is 23.0 Å². The van der Waals surface area contributed by atoms with Crippen molar-refractivity contribution in [1.82, 2.24) is 19.8 Å². The lowest BCUT2D eigenvalue weighted by Crippen LogP contribution is -2.41. The topological polar surface area (TPSA) is 132 Å². The van der Waals surface area contributed by atoms with Crippen LogP contribution in [0.3, 0.4) is 0 Å². The molecular weight excluding hydrogens is 612 g/mol. The van der Waals surface area contributed by atoms with Gasteiger partial charge in [0, 0.05) is 26.1 Å². The number of aromatic hydroxyl groups is 1. The predicted octanol–water partition coefficient (Wildman–Crippen LogP) is 4.98. The molecular formula is C37H34N4O7. The molecule has 48 heavy (non-hydrogen) atoms. The summed E-state index contributed by atoms with van der Waals surface area (Å²) in [4.78, 5) is 46.3. The third-order valence-corrected chi connectivity index (χ3v) is 8.76. The molecule has 3 aliphatic rings. The van der Waals surface area contributed by atoms with E-state index in [2.05, 4.69) is 10.3 Å². The first-order valence-electron chi connectivity index (χ1n) is 15.9. The van der Waals surface area contributed by atoms with E-state index in [4.69, 9.17) is 14.2 Å². The number of rotatable bonds is 4. The molecule has 244 valence electrons. The van der Waals surface area contributed by atoms with E-state index >= 15 is 0 Å². The average Bonchev–Trinajstić information content (AvgIpc) is 3.10. The van der Waals surface area contributed by atoms with Crippen molar-refractivity contribution < 1.29 is 28.9 Å². The largest absolute Gasteiger partial charge is 0.507 e. The molecule has 0 spiro atoms. The third-order valence-electron chi connectivity index (χ3n) is 8.76. The number of ether oxygens (including phenoxy) is 3. The van der Waals surface area contributed by atoms with Crippen LogP contribution in [0.1, 0.15) is 45.9 Å². The Kier molecular flexibility index (Phi) is 8.41. The van der Waals surface area contributed by atoms with Gasteiger partial charge in [-0.2, -0.15) is 0 Å². The second-order valence-corrected chi connectivity index (χ2v) is 11.8.